The number of aromatic nitrogens is 2. The van der Waals surface area contributed by atoms with Gasteiger partial charge >= 0.3 is 0 Å². The molecule has 1 heterocycles. The summed E-state index contributed by atoms with van der Waals surface area (Å²) in [6, 6.07) is 25.9. The number of para-hydroxylation sites is 2. The van der Waals surface area contributed by atoms with Crippen molar-refractivity contribution < 1.29 is 0 Å². The first kappa shape index (κ1) is 16.6. The van der Waals surface area contributed by atoms with Crippen LogP contribution in [-0.2, 0) is 13.0 Å². The number of benzene rings is 3. The van der Waals surface area contributed by atoms with Crippen molar-refractivity contribution in [1.82, 2.24) is 9.55 Å². The second-order valence-corrected chi connectivity index (χ2v) is 6.86. The Labute approximate surface area is 155 Å². The number of rotatable bonds is 5. The lowest BCUT2D eigenvalue weighted by Gasteiger charge is -2.11. The molecule has 130 valence electrons. The van der Waals surface area contributed by atoms with Crippen LogP contribution < -0.4 is 0 Å². The lowest BCUT2D eigenvalue weighted by molar-refractivity contribution is 0.722. The molecule has 2 nitrogen and oxygen atoms in total. The molecule has 4 rings (SSSR count). The zero-order chi connectivity index (χ0) is 17.9. The van der Waals surface area contributed by atoms with E-state index in [-0.39, 0.29) is 0 Å². The Morgan fingerprint density at radius 3 is 2.35 bits per heavy atom. The largest absolute Gasteiger partial charge is 0.323 e. The lowest BCUT2D eigenvalue weighted by Crippen LogP contribution is -2.05. The Hall–Kier alpha value is -2.87. The van der Waals surface area contributed by atoms with Crippen molar-refractivity contribution in [2.75, 3.05) is 0 Å². The monoisotopic (exact) mass is 340 g/mol. The summed E-state index contributed by atoms with van der Waals surface area (Å²) in [4.78, 5) is 4.84. The van der Waals surface area contributed by atoms with Crippen molar-refractivity contribution in [1.29, 1.82) is 0 Å². The van der Waals surface area contributed by atoms with Crippen molar-refractivity contribution in [2.45, 2.75) is 33.2 Å². The van der Waals surface area contributed by atoms with Crippen LogP contribution in [0, 0.1) is 6.92 Å². The molecule has 0 atom stereocenters. The average molecular weight is 340 g/mol. The zero-order valence-corrected chi connectivity index (χ0v) is 15.4. The summed E-state index contributed by atoms with van der Waals surface area (Å²) in [6.07, 6.45) is 2.12. The Balaban J connectivity index is 1.67. The quantitative estimate of drug-likeness (QED) is 0.435. The van der Waals surface area contributed by atoms with Crippen LogP contribution in [0.1, 0.15) is 30.3 Å². The summed E-state index contributed by atoms with van der Waals surface area (Å²) >= 11 is 0. The summed E-state index contributed by atoms with van der Waals surface area (Å²) in [5.74, 6) is 1.18. The van der Waals surface area contributed by atoms with Gasteiger partial charge in [-0.1, -0.05) is 67.6 Å². The molecule has 0 N–H and O–H groups in total. The molecule has 0 aliphatic carbocycles. The van der Waals surface area contributed by atoms with E-state index in [4.69, 9.17) is 4.98 Å². The maximum absolute atomic E-state index is 4.84. The molecular formula is C24H24N2. The molecule has 0 aliphatic rings. The van der Waals surface area contributed by atoms with Gasteiger partial charge in [-0.3, -0.25) is 0 Å². The van der Waals surface area contributed by atoms with Gasteiger partial charge in [0, 0.05) is 13.0 Å². The minimum Gasteiger partial charge on any atom is -0.323 e. The topological polar surface area (TPSA) is 17.8 Å². The molecule has 1 aromatic heterocycles. The highest BCUT2D eigenvalue weighted by Gasteiger charge is 2.10. The molecule has 0 radical (unpaired) electrons. The molecule has 0 bridgehead atoms. The summed E-state index contributed by atoms with van der Waals surface area (Å²) in [5.41, 5.74) is 7.51. The summed E-state index contributed by atoms with van der Waals surface area (Å²) in [5, 5.41) is 0. The van der Waals surface area contributed by atoms with E-state index in [0.717, 1.165) is 24.9 Å². The first-order valence-corrected chi connectivity index (χ1v) is 9.35. The van der Waals surface area contributed by atoms with E-state index in [9.17, 15) is 0 Å². The second kappa shape index (κ2) is 7.17. The molecule has 0 saturated carbocycles. The molecule has 0 amide bonds. The number of hydrogen-bond acceptors (Lipinski definition) is 1. The molecule has 0 spiro atoms. The van der Waals surface area contributed by atoms with Crippen LogP contribution in [0.2, 0.25) is 0 Å². The fourth-order valence-corrected chi connectivity index (χ4v) is 3.59. The Morgan fingerprint density at radius 1 is 0.846 bits per heavy atom. The molecule has 26 heavy (non-hydrogen) atoms. The lowest BCUT2D eigenvalue weighted by atomic mass is 9.99. The Bertz CT molecular complexity index is 1030. The molecular weight excluding hydrogens is 316 g/mol. The highest BCUT2D eigenvalue weighted by Crippen LogP contribution is 2.24. The smallest absolute Gasteiger partial charge is 0.110 e. The van der Waals surface area contributed by atoms with Gasteiger partial charge in [-0.25, -0.2) is 4.98 Å². The van der Waals surface area contributed by atoms with Crippen molar-refractivity contribution in [3.63, 3.8) is 0 Å². The normalized spacial score (nSPS) is 11.2. The maximum atomic E-state index is 4.84. The fraction of sp³-hybridized carbons (Fsp3) is 0.208. The number of nitrogens with zero attached hydrogens (tertiary/aromatic N) is 2. The fourth-order valence-electron chi connectivity index (χ4n) is 3.59. The zero-order valence-electron chi connectivity index (χ0n) is 15.4. The van der Waals surface area contributed by atoms with E-state index in [1.54, 1.807) is 0 Å². The van der Waals surface area contributed by atoms with E-state index < -0.39 is 0 Å². The van der Waals surface area contributed by atoms with Crippen molar-refractivity contribution in [3.8, 4) is 11.1 Å². The molecule has 0 saturated heterocycles. The third kappa shape index (κ3) is 3.15. The number of fused-ring (bicyclic) bond motifs is 1. The minimum atomic E-state index is 0.865. The third-order valence-electron chi connectivity index (χ3n) is 4.96. The summed E-state index contributed by atoms with van der Waals surface area (Å²) in [6.45, 7) is 5.24. The predicted molar refractivity (Wildman–Crippen MR) is 109 cm³/mol. The number of hydrogen-bond donors (Lipinski definition) is 0. The van der Waals surface area contributed by atoms with Gasteiger partial charge in [0.15, 0.2) is 0 Å². The first-order chi connectivity index (χ1) is 12.8. The molecule has 0 fully saturated rings. The molecule has 0 aliphatic heterocycles. The van der Waals surface area contributed by atoms with Gasteiger partial charge in [0.05, 0.1) is 11.0 Å². The second-order valence-electron chi connectivity index (χ2n) is 6.86. The van der Waals surface area contributed by atoms with Crippen LogP contribution in [-0.4, -0.2) is 9.55 Å². The van der Waals surface area contributed by atoms with E-state index in [0.29, 0.717) is 0 Å². The SMILES string of the molecule is CCCc1nc2ccccc2n1Cc1ccc(-c2ccccc2C)cc1. The van der Waals surface area contributed by atoms with Crippen molar-refractivity contribution in [3.05, 3.63) is 89.7 Å². The van der Waals surface area contributed by atoms with Crippen molar-refractivity contribution in [2.24, 2.45) is 0 Å². The van der Waals surface area contributed by atoms with Crippen LogP contribution in [0.5, 0.6) is 0 Å². The number of imidazole rings is 1. The maximum Gasteiger partial charge on any atom is 0.110 e. The van der Waals surface area contributed by atoms with Gasteiger partial charge in [-0.05, 0) is 47.7 Å². The van der Waals surface area contributed by atoms with Crippen LogP contribution in [0.4, 0.5) is 0 Å². The first-order valence-electron chi connectivity index (χ1n) is 9.35. The van der Waals surface area contributed by atoms with Gasteiger partial charge in [-0.2, -0.15) is 0 Å². The summed E-state index contributed by atoms with van der Waals surface area (Å²) in [7, 11) is 0. The Kier molecular flexibility index (Phi) is 4.57. The molecule has 3 aromatic carbocycles. The highest BCUT2D eigenvalue weighted by molar-refractivity contribution is 5.76. The highest BCUT2D eigenvalue weighted by atomic mass is 15.1. The molecule has 0 unspecified atom stereocenters. The van der Waals surface area contributed by atoms with Crippen molar-refractivity contribution >= 4 is 11.0 Å². The standard InChI is InChI=1S/C24H24N2/c1-3-8-24-25-22-11-6-7-12-23(22)26(24)17-19-13-15-20(16-14-19)21-10-5-4-9-18(21)2/h4-7,9-16H,3,8,17H2,1-2H3. The average Bonchev–Trinajstić information content (AvgIpc) is 3.01. The van der Waals surface area contributed by atoms with Gasteiger partial charge in [0.1, 0.15) is 5.82 Å². The molecule has 2 heteroatoms. The van der Waals surface area contributed by atoms with Gasteiger partial charge in [0.2, 0.25) is 0 Å². The van der Waals surface area contributed by atoms with Crippen LogP contribution >= 0.6 is 0 Å². The van der Waals surface area contributed by atoms with Crippen LogP contribution in [0.15, 0.2) is 72.8 Å². The third-order valence-corrected chi connectivity index (χ3v) is 4.96. The predicted octanol–water partition coefficient (Wildman–Crippen LogP) is 6.01. The van der Waals surface area contributed by atoms with Gasteiger partial charge < -0.3 is 4.57 Å². The van der Waals surface area contributed by atoms with Crippen LogP contribution in [0.25, 0.3) is 22.2 Å². The van der Waals surface area contributed by atoms with E-state index >= 15 is 0 Å². The summed E-state index contributed by atoms with van der Waals surface area (Å²) < 4.78 is 2.36. The molecule has 4 aromatic rings. The number of aryl methyl sites for hydroxylation is 2. The van der Waals surface area contributed by atoms with Crippen LogP contribution in [0.3, 0.4) is 0 Å². The van der Waals surface area contributed by atoms with E-state index in [2.05, 4.69) is 91.2 Å². The van der Waals surface area contributed by atoms with E-state index in [1.807, 2.05) is 0 Å². The van der Waals surface area contributed by atoms with E-state index in [1.165, 1.54) is 33.6 Å². The van der Waals surface area contributed by atoms with Gasteiger partial charge in [-0.15, -0.1) is 0 Å². The Morgan fingerprint density at radius 2 is 1.58 bits per heavy atom. The minimum absolute atomic E-state index is 0.865. The van der Waals surface area contributed by atoms with Gasteiger partial charge in [0.25, 0.3) is 0 Å².